The molecule has 2 unspecified atom stereocenters. The molecule has 0 aliphatic carbocycles. The fourth-order valence-electron chi connectivity index (χ4n) is 5.28. The zero-order chi connectivity index (χ0) is 21.6. The summed E-state index contributed by atoms with van der Waals surface area (Å²) in [5.41, 5.74) is 2.15. The molecule has 2 amide bonds. The molecule has 2 aliphatic rings. The minimum atomic E-state index is -0.484. The molecule has 0 spiro atoms. The maximum absolute atomic E-state index is 13.3. The molecule has 0 saturated carbocycles. The number of amides is 2. The molecule has 1 aromatic carbocycles. The highest BCUT2D eigenvalue weighted by Gasteiger charge is 2.58. The van der Waals surface area contributed by atoms with E-state index in [1.165, 1.54) is 0 Å². The predicted molar refractivity (Wildman–Crippen MR) is 113 cm³/mol. The van der Waals surface area contributed by atoms with Gasteiger partial charge in [0.1, 0.15) is 12.7 Å². The summed E-state index contributed by atoms with van der Waals surface area (Å²) in [4.78, 5) is 23.5. The van der Waals surface area contributed by atoms with Crippen molar-refractivity contribution in [3.8, 4) is 11.4 Å². The van der Waals surface area contributed by atoms with Crippen LogP contribution in [0.15, 0.2) is 43.2 Å². The minimum absolute atomic E-state index is 0.106. The van der Waals surface area contributed by atoms with Crippen molar-refractivity contribution in [3.63, 3.8) is 0 Å². The number of aryl methyl sites for hydroxylation is 1. The largest absolute Gasteiger partial charge is 0.322 e. The molecular weight excluding hydrogens is 397 g/mol. The Bertz CT molecular complexity index is 1100. The number of urea groups is 1. The summed E-state index contributed by atoms with van der Waals surface area (Å²) in [5, 5.41) is 10.9. The Labute approximate surface area is 179 Å². The second kappa shape index (κ2) is 7.40. The van der Waals surface area contributed by atoms with Gasteiger partial charge in [-0.25, -0.2) is 19.2 Å². The Morgan fingerprint density at radius 2 is 1.97 bits per heavy atom. The van der Waals surface area contributed by atoms with Gasteiger partial charge < -0.3 is 14.8 Å². The average molecular weight is 421 g/mol. The molecule has 9 heteroatoms. The van der Waals surface area contributed by atoms with Gasteiger partial charge in [0, 0.05) is 23.8 Å². The third-order valence-corrected chi connectivity index (χ3v) is 6.41. The maximum atomic E-state index is 13.3. The first-order valence-corrected chi connectivity index (χ1v) is 10.4. The number of hydrogen-bond acceptors (Lipinski definition) is 5. The number of piperidine rings is 1. The molecule has 160 valence electrons. The number of halogens is 1. The molecule has 1 N–H and O–H groups in total. The Hall–Kier alpha value is -3.36. The molecule has 0 radical (unpaired) electrons. The van der Waals surface area contributed by atoms with Crippen LogP contribution in [0.4, 0.5) is 14.9 Å². The van der Waals surface area contributed by atoms with E-state index in [2.05, 4.69) is 32.4 Å². The number of fused-ring (bicyclic) bond motifs is 2. The van der Waals surface area contributed by atoms with E-state index in [4.69, 9.17) is 0 Å². The number of hydrogen-bond donors (Lipinski definition) is 1. The van der Waals surface area contributed by atoms with Crippen molar-refractivity contribution in [1.82, 2.24) is 29.6 Å². The highest BCUT2D eigenvalue weighted by molar-refractivity contribution is 5.91. The summed E-state index contributed by atoms with van der Waals surface area (Å²) in [6.07, 6.45) is 8.65. The van der Waals surface area contributed by atoms with Gasteiger partial charge in [-0.1, -0.05) is 13.0 Å². The minimum Gasteiger partial charge on any atom is -0.318 e. The van der Waals surface area contributed by atoms with Crippen LogP contribution in [0.2, 0.25) is 0 Å². The number of carbonyl (C=O) groups is 1. The van der Waals surface area contributed by atoms with Crippen molar-refractivity contribution in [3.05, 3.63) is 54.6 Å². The Morgan fingerprint density at radius 1 is 1.23 bits per heavy atom. The van der Waals surface area contributed by atoms with Crippen LogP contribution in [0.1, 0.15) is 31.7 Å². The SMILES string of the molecule is Cc1ccc(NC(=O)N2C3C[C@@H](C)CC2(Cn2cnnc2)C3)cc1-c1ncc(F)cn1. The molecule has 3 aromatic rings. The van der Waals surface area contributed by atoms with Crippen molar-refractivity contribution in [2.45, 2.75) is 51.2 Å². The average Bonchev–Trinajstić information content (AvgIpc) is 3.22. The smallest absolute Gasteiger partial charge is 0.318 e. The van der Waals surface area contributed by atoms with Gasteiger partial charge in [0.05, 0.1) is 17.9 Å². The molecule has 5 rings (SSSR count). The second-order valence-corrected chi connectivity index (χ2v) is 8.82. The molecule has 2 fully saturated rings. The van der Waals surface area contributed by atoms with E-state index in [1.807, 2.05) is 34.6 Å². The van der Waals surface area contributed by atoms with Crippen molar-refractivity contribution < 1.29 is 9.18 Å². The highest BCUT2D eigenvalue weighted by atomic mass is 19.1. The van der Waals surface area contributed by atoms with Crippen molar-refractivity contribution in [1.29, 1.82) is 0 Å². The lowest BCUT2D eigenvalue weighted by atomic mass is 9.64. The standard InChI is InChI=1S/C22H24FN7O/c1-14-5-18-8-22(7-14,11-29-12-26-27-13-29)30(18)21(31)28-17-4-3-15(2)19(6-17)20-24-9-16(23)10-25-20/h3-4,6,9-10,12-14,18H,5,7-8,11H2,1-2H3,(H,28,31)/t14-,18?,22?/m1/s1. The summed E-state index contributed by atoms with van der Waals surface area (Å²) in [6, 6.07) is 5.75. The Kier molecular flexibility index (Phi) is 4.68. The Balaban J connectivity index is 1.38. The summed E-state index contributed by atoms with van der Waals surface area (Å²) in [7, 11) is 0. The molecule has 31 heavy (non-hydrogen) atoms. The summed E-state index contributed by atoms with van der Waals surface area (Å²) >= 11 is 0. The second-order valence-electron chi connectivity index (χ2n) is 8.82. The first-order valence-electron chi connectivity index (χ1n) is 10.4. The lowest BCUT2D eigenvalue weighted by Crippen LogP contribution is -2.73. The van der Waals surface area contributed by atoms with Gasteiger partial charge in [-0.15, -0.1) is 10.2 Å². The van der Waals surface area contributed by atoms with E-state index >= 15 is 0 Å². The fourth-order valence-corrected chi connectivity index (χ4v) is 5.28. The maximum Gasteiger partial charge on any atom is 0.322 e. The highest BCUT2D eigenvalue weighted by Crippen LogP contribution is 2.50. The van der Waals surface area contributed by atoms with Gasteiger partial charge in [0.2, 0.25) is 0 Å². The zero-order valence-electron chi connectivity index (χ0n) is 17.5. The molecule has 2 bridgehead atoms. The molecule has 8 nitrogen and oxygen atoms in total. The summed E-state index contributed by atoms with van der Waals surface area (Å²) in [5.74, 6) is 0.511. The number of nitrogens with zero attached hydrogens (tertiary/aromatic N) is 6. The van der Waals surface area contributed by atoms with E-state index < -0.39 is 5.82 Å². The topological polar surface area (TPSA) is 88.8 Å². The van der Waals surface area contributed by atoms with Crippen molar-refractivity contribution in [2.24, 2.45) is 5.92 Å². The molecule has 2 aromatic heterocycles. The van der Waals surface area contributed by atoms with Gasteiger partial charge in [-0.3, -0.25) is 0 Å². The van der Waals surface area contributed by atoms with Gasteiger partial charge in [0.15, 0.2) is 11.6 Å². The van der Waals surface area contributed by atoms with Crippen molar-refractivity contribution >= 4 is 11.7 Å². The molecule has 4 heterocycles. The zero-order valence-corrected chi connectivity index (χ0v) is 17.5. The van der Waals surface area contributed by atoms with E-state index in [9.17, 15) is 9.18 Å². The third-order valence-electron chi connectivity index (χ3n) is 6.41. The fraction of sp³-hybridized carbons (Fsp3) is 0.409. The Morgan fingerprint density at radius 3 is 2.71 bits per heavy atom. The van der Waals surface area contributed by atoms with Gasteiger partial charge >= 0.3 is 6.03 Å². The van der Waals surface area contributed by atoms with Crippen LogP contribution in [0, 0.1) is 18.7 Å². The number of rotatable bonds is 4. The quantitative estimate of drug-likeness (QED) is 0.695. The number of benzene rings is 1. The first kappa shape index (κ1) is 19.6. The third kappa shape index (κ3) is 3.54. The van der Waals surface area contributed by atoms with Crippen LogP contribution in [0.25, 0.3) is 11.4 Å². The van der Waals surface area contributed by atoms with Crippen LogP contribution in [-0.2, 0) is 6.54 Å². The molecule has 2 aliphatic heterocycles. The summed E-state index contributed by atoms with van der Waals surface area (Å²) in [6.45, 7) is 4.87. The molecular formula is C22H24FN7O. The number of aromatic nitrogens is 5. The van der Waals surface area contributed by atoms with Crippen LogP contribution >= 0.6 is 0 Å². The number of anilines is 1. The van der Waals surface area contributed by atoms with E-state index in [-0.39, 0.29) is 17.6 Å². The van der Waals surface area contributed by atoms with Crippen LogP contribution in [-0.4, -0.2) is 47.2 Å². The van der Waals surface area contributed by atoms with Gasteiger partial charge in [0.25, 0.3) is 0 Å². The lowest BCUT2D eigenvalue weighted by Gasteiger charge is -2.63. The van der Waals surface area contributed by atoms with Crippen LogP contribution in [0.5, 0.6) is 0 Å². The normalized spacial score (nSPS) is 24.5. The molecule has 2 saturated heterocycles. The molecule has 3 atom stereocenters. The predicted octanol–water partition coefficient (Wildman–Crippen LogP) is 3.66. The van der Waals surface area contributed by atoms with Crippen molar-refractivity contribution in [2.75, 3.05) is 5.32 Å². The van der Waals surface area contributed by atoms with Crippen LogP contribution in [0.3, 0.4) is 0 Å². The number of nitrogens with one attached hydrogen (secondary N) is 1. The number of carbonyl (C=O) groups excluding carboxylic acids is 1. The van der Waals surface area contributed by atoms with E-state index in [1.54, 1.807) is 12.7 Å². The monoisotopic (exact) mass is 421 g/mol. The summed E-state index contributed by atoms with van der Waals surface area (Å²) < 4.78 is 15.2. The van der Waals surface area contributed by atoms with Crippen LogP contribution < -0.4 is 5.32 Å². The lowest BCUT2D eigenvalue weighted by molar-refractivity contribution is -0.0988. The van der Waals surface area contributed by atoms with Gasteiger partial charge in [-0.05, 0) is 49.8 Å². The van der Waals surface area contributed by atoms with Gasteiger partial charge in [-0.2, -0.15) is 0 Å². The van der Waals surface area contributed by atoms with E-state index in [0.29, 0.717) is 24.0 Å². The first-order chi connectivity index (χ1) is 14.9. The van der Waals surface area contributed by atoms with E-state index in [0.717, 1.165) is 42.8 Å².